The Hall–Kier alpha value is -4.98. The normalized spacial score (nSPS) is 14.1. The summed E-state index contributed by atoms with van der Waals surface area (Å²) in [5, 5.41) is 8.04. The minimum absolute atomic E-state index is 0.228. The molecule has 1 aliphatic heterocycles. The van der Waals surface area contributed by atoms with Gasteiger partial charge in [-0.2, -0.15) is 5.10 Å². The highest BCUT2D eigenvalue weighted by Crippen LogP contribution is 2.39. The minimum atomic E-state index is -0.341. The summed E-state index contributed by atoms with van der Waals surface area (Å²) in [6.45, 7) is 4.51. The summed E-state index contributed by atoms with van der Waals surface area (Å²) < 4.78 is 15.0. The molecule has 0 saturated carbocycles. The first-order chi connectivity index (χ1) is 20.0. The van der Waals surface area contributed by atoms with E-state index in [1.165, 1.54) is 5.56 Å². The number of anilines is 1. The number of urea groups is 1. The van der Waals surface area contributed by atoms with Crippen molar-refractivity contribution < 1.29 is 14.3 Å². The molecule has 2 amide bonds. The molecule has 1 aliphatic rings. The number of methoxy groups -OCH3 is 2. The van der Waals surface area contributed by atoms with Crippen LogP contribution in [0.4, 0.5) is 10.5 Å². The lowest BCUT2D eigenvalue weighted by Crippen LogP contribution is -2.38. The maximum Gasteiger partial charge on any atom is 0.322 e. The number of rotatable bonds is 6. The molecule has 2 aromatic heterocycles. The molecular weight excluding hydrogens is 514 g/mol. The third-order valence-corrected chi connectivity index (χ3v) is 7.69. The van der Waals surface area contributed by atoms with Gasteiger partial charge in [-0.25, -0.2) is 9.48 Å². The number of aromatic nitrogens is 3. The van der Waals surface area contributed by atoms with Crippen LogP contribution >= 0.6 is 0 Å². The molecule has 0 spiro atoms. The molecule has 0 bridgehead atoms. The Kier molecular flexibility index (Phi) is 6.97. The van der Waals surface area contributed by atoms with Crippen molar-refractivity contribution in [2.24, 2.45) is 0 Å². The number of hydrogen-bond acceptors (Lipinski definition) is 4. The van der Waals surface area contributed by atoms with Gasteiger partial charge in [0.15, 0.2) is 11.5 Å². The smallest absolute Gasteiger partial charge is 0.322 e. The molecule has 41 heavy (non-hydrogen) atoms. The van der Waals surface area contributed by atoms with Crippen molar-refractivity contribution >= 4 is 11.7 Å². The predicted molar refractivity (Wildman–Crippen MR) is 159 cm³/mol. The van der Waals surface area contributed by atoms with Crippen LogP contribution in [0.1, 0.15) is 41.0 Å². The highest BCUT2D eigenvalue weighted by Gasteiger charge is 2.36. The Morgan fingerprint density at radius 1 is 0.951 bits per heavy atom. The molecule has 1 atom stereocenters. The van der Waals surface area contributed by atoms with Crippen LogP contribution in [0.15, 0.2) is 91.1 Å². The van der Waals surface area contributed by atoms with E-state index in [0.29, 0.717) is 23.7 Å². The summed E-state index contributed by atoms with van der Waals surface area (Å²) in [5.74, 6) is 2.08. The number of carbonyl (C=O) groups excluding carboxylic acids is 1. The number of benzene rings is 3. The van der Waals surface area contributed by atoms with Crippen molar-refractivity contribution in [3.05, 3.63) is 119 Å². The summed E-state index contributed by atoms with van der Waals surface area (Å²) in [4.78, 5) is 16.1. The van der Waals surface area contributed by atoms with Gasteiger partial charge in [0.05, 0.1) is 43.9 Å². The van der Waals surface area contributed by atoms with Crippen LogP contribution in [0.25, 0.3) is 11.5 Å². The van der Waals surface area contributed by atoms with Crippen molar-refractivity contribution in [2.75, 3.05) is 19.5 Å². The number of nitrogens with zero attached hydrogens (tertiary/aromatic N) is 4. The first-order valence-electron chi connectivity index (χ1n) is 13.7. The molecule has 0 unspecified atom stereocenters. The highest BCUT2D eigenvalue weighted by molar-refractivity contribution is 5.90. The fourth-order valence-electron chi connectivity index (χ4n) is 5.54. The van der Waals surface area contributed by atoms with Crippen molar-refractivity contribution in [1.82, 2.24) is 19.2 Å². The Bertz CT molecular complexity index is 1690. The van der Waals surface area contributed by atoms with E-state index < -0.39 is 0 Å². The van der Waals surface area contributed by atoms with Crippen LogP contribution < -0.4 is 14.8 Å². The Morgan fingerprint density at radius 2 is 1.71 bits per heavy atom. The van der Waals surface area contributed by atoms with E-state index in [0.717, 1.165) is 40.4 Å². The molecule has 8 nitrogen and oxygen atoms in total. The van der Waals surface area contributed by atoms with Gasteiger partial charge >= 0.3 is 6.03 Å². The third kappa shape index (κ3) is 4.71. The fraction of sp³-hybridized carbons (Fsp3) is 0.212. The molecule has 5 aromatic rings. The topological polar surface area (TPSA) is 73.6 Å². The van der Waals surface area contributed by atoms with Crippen LogP contribution in [-0.2, 0) is 13.0 Å². The van der Waals surface area contributed by atoms with Gasteiger partial charge in [0.2, 0.25) is 0 Å². The second-order valence-corrected chi connectivity index (χ2v) is 10.1. The van der Waals surface area contributed by atoms with Crippen molar-refractivity contribution in [2.45, 2.75) is 32.9 Å². The Balaban J connectivity index is 1.49. The van der Waals surface area contributed by atoms with Crippen LogP contribution in [0.3, 0.4) is 0 Å². The first kappa shape index (κ1) is 26.3. The Labute approximate surface area is 239 Å². The van der Waals surface area contributed by atoms with Crippen molar-refractivity contribution in [3.63, 3.8) is 0 Å². The summed E-state index contributed by atoms with van der Waals surface area (Å²) >= 11 is 0. The second kappa shape index (κ2) is 10.9. The predicted octanol–water partition coefficient (Wildman–Crippen LogP) is 6.69. The van der Waals surface area contributed by atoms with Crippen LogP contribution in [0.2, 0.25) is 0 Å². The van der Waals surface area contributed by atoms with E-state index in [9.17, 15) is 4.79 Å². The monoisotopic (exact) mass is 547 g/mol. The molecule has 6 rings (SSSR count). The summed E-state index contributed by atoms with van der Waals surface area (Å²) in [6.07, 6.45) is 3.00. The lowest BCUT2D eigenvalue weighted by Gasteiger charge is -2.31. The zero-order chi connectivity index (χ0) is 28.5. The second-order valence-electron chi connectivity index (χ2n) is 10.1. The number of para-hydroxylation sites is 1. The maximum atomic E-state index is 14.2. The van der Waals surface area contributed by atoms with Gasteiger partial charge in [0.1, 0.15) is 5.82 Å². The lowest BCUT2D eigenvalue weighted by atomic mass is 9.99. The van der Waals surface area contributed by atoms with Crippen molar-refractivity contribution in [1.29, 1.82) is 0 Å². The number of carbonyl (C=O) groups is 1. The highest BCUT2D eigenvalue weighted by atomic mass is 16.5. The van der Waals surface area contributed by atoms with Gasteiger partial charge < -0.3 is 24.3 Å². The fourth-order valence-corrected chi connectivity index (χ4v) is 5.54. The van der Waals surface area contributed by atoms with E-state index in [4.69, 9.17) is 14.6 Å². The van der Waals surface area contributed by atoms with Gasteiger partial charge in [-0.05, 0) is 60.9 Å². The quantitative estimate of drug-likeness (QED) is 0.257. The van der Waals surface area contributed by atoms with E-state index in [2.05, 4.69) is 53.3 Å². The molecule has 8 heteroatoms. The number of aryl methyl sites for hydroxylation is 2. The van der Waals surface area contributed by atoms with Gasteiger partial charge in [-0.15, -0.1) is 0 Å². The lowest BCUT2D eigenvalue weighted by molar-refractivity contribution is 0.194. The van der Waals surface area contributed by atoms with Crippen LogP contribution in [-0.4, -0.2) is 39.5 Å². The molecule has 0 radical (unpaired) electrons. The number of amides is 2. The zero-order valence-corrected chi connectivity index (χ0v) is 23.7. The summed E-state index contributed by atoms with van der Waals surface area (Å²) in [6, 6.07) is 27.6. The molecule has 1 N–H and O–H groups in total. The SMILES string of the molecule is CCc1ccc([C@@H]2c3cccn3-c3c(c(C)nn3-c3ccccc3)CN2C(=O)Nc2ccc(OC)c(OC)c2)cc1. The number of nitrogens with one attached hydrogen (secondary N) is 1. The average molecular weight is 548 g/mol. The summed E-state index contributed by atoms with van der Waals surface area (Å²) in [5.41, 5.74) is 6.70. The molecule has 208 valence electrons. The van der Waals surface area contributed by atoms with E-state index in [1.54, 1.807) is 26.4 Å². The molecule has 0 saturated heterocycles. The number of fused-ring (bicyclic) bond motifs is 3. The van der Waals surface area contributed by atoms with Crippen molar-refractivity contribution in [3.8, 4) is 23.0 Å². The maximum absolute atomic E-state index is 14.2. The summed E-state index contributed by atoms with van der Waals surface area (Å²) in [7, 11) is 3.17. The van der Waals surface area contributed by atoms with Gasteiger partial charge in [0.25, 0.3) is 0 Å². The molecule has 3 aromatic carbocycles. The minimum Gasteiger partial charge on any atom is -0.493 e. The third-order valence-electron chi connectivity index (χ3n) is 7.69. The molecular formula is C33H33N5O3. The standard InChI is InChI=1S/C33H33N5O3/c1-5-23-13-15-24(16-14-23)31-28-12-9-19-36(28)32-27(22(2)35-38(32)26-10-7-6-8-11-26)21-37(31)33(39)34-25-17-18-29(40-3)30(20-25)41-4/h6-20,31H,5,21H2,1-4H3,(H,34,39)/t31-/m1/s1. The van der Waals surface area contributed by atoms with Crippen LogP contribution in [0, 0.1) is 6.92 Å². The van der Waals surface area contributed by atoms with Gasteiger partial charge in [-0.3, -0.25) is 0 Å². The molecule has 0 fully saturated rings. The zero-order valence-electron chi connectivity index (χ0n) is 23.7. The van der Waals surface area contributed by atoms with Gasteiger partial charge in [0, 0.05) is 23.5 Å². The van der Waals surface area contributed by atoms with Gasteiger partial charge in [-0.1, -0.05) is 49.4 Å². The number of hydrogen-bond donors (Lipinski definition) is 1. The molecule has 0 aliphatic carbocycles. The largest absolute Gasteiger partial charge is 0.493 e. The van der Waals surface area contributed by atoms with E-state index in [1.807, 2.05) is 59.0 Å². The molecule has 3 heterocycles. The van der Waals surface area contributed by atoms with E-state index in [-0.39, 0.29) is 12.1 Å². The van der Waals surface area contributed by atoms with Crippen LogP contribution in [0.5, 0.6) is 11.5 Å². The first-order valence-corrected chi connectivity index (χ1v) is 13.7. The van der Waals surface area contributed by atoms with E-state index >= 15 is 0 Å². The number of ether oxygens (including phenoxy) is 2. The Morgan fingerprint density at radius 3 is 2.41 bits per heavy atom. The average Bonchev–Trinajstić information content (AvgIpc) is 3.57.